The molecule has 1 aliphatic carbocycles. The van der Waals surface area contributed by atoms with E-state index in [1.165, 1.54) is 6.08 Å². The van der Waals surface area contributed by atoms with Crippen LogP contribution in [0.15, 0.2) is 30.1 Å². The number of hydrogen-bond acceptors (Lipinski definition) is 7. The van der Waals surface area contributed by atoms with Gasteiger partial charge in [-0.15, -0.1) is 0 Å². The van der Waals surface area contributed by atoms with Crippen molar-refractivity contribution in [1.82, 2.24) is 30.2 Å². The number of halogens is 2. The molecule has 0 spiro atoms. The average Bonchev–Trinajstić information content (AvgIpc) is 3.37. The minimum absolute atomic E-state index is 0.125. The standard InChI is InChI=1S/C19H16Cl2N8O2/c20-12-4-1-9(5-13(12)21)7-22-17-26-15-10(6-14-16(30)27-19(31)25-14)8-23-29(15)18(28-17)24-11-2-3-11/h1,4-6,8,11H,2-3,7H2,(H2,22,24,26,28)(H2,25,27,30,31)/b14-6-. The van der Waals surface area contributed by atoms with Gasteiger partial charge in [0.05, 0.1) is 16.2 Å². The summed E-state index contributed by atoms with van der Waals surface area (Å²) in [5, 5.41) is 16.5. The molecule has 3 aromatic rings. The van der Waals surface area contributed by atoms with Gasteiger partial charge >= 0.3 is 6.03 Å². The summed E-state index contributed by atoms with van der Waals surface area (Å²) in [5.41, 5.74) is 2.08. The number of carbonyl (C=O) groups excluding carboxylic acids is 2. The summed E-state index contributed by atoms with van der Waals surface area (Å²) in [7, 11) is 0. The number of urea groups is 1. The van der Waals surface area contributed by atoms with E-state index < -0.39 is 11.9 Å². The molecule has 12 heteroatoms. The maximum Gasteiger partial charge on any atom is 0.326 e. The maximum absolute atomic E-state index is 11.9. The maximum atomic E-state index is 11.9. The first-order valence-electron chi connectivity index (χ1n) is 9.50. The summed E-state index contributed by atoms with van der Waals surface area (Å²) in [6, 6.07) is 5.13. The highest BCUT2D eigenvalue weighted by Crippen LogP contribution is 2.26. The van der Waals surface area contributed by atoms with Crippen LogP contribution in [0.4, 0.5) is 16.7 Å². The van der Waals surface area contributed by atoms with Gasteiger partial charge in [0.1, 0.15) is 5.70 Å². The van der Waals surface area contributed by atoms with Crippen molar-refractivity contribution in [2.45, 2.75) is 25.4 Å². The second kappa shape index (κ2) is 7.71. The summed E-state index contributed by atoms with van der Waals surface area (Å²) < 4.78 is 1.57. The van der Waals surface area contributed by atoms with Gasteiger partial charge in [0.25, 0.3) is 5.91 Å². The number of carbonyl (C=O) groups is 2. The van der Waals surface area contributed by atoms with Gasteiger partial charge in [0, 0.05) is 18.2 Å². The Morgan fingerprint density at radius 3 is 2.71 bits per heavy atom. The summed E-state index contributed by atoms with van der Waals surface area (Å²) in [6.45, 7) is 0.430. The Kier molecular flexibility index (Phi) is 4.87. The van der Waals surface area contributed by atoms with Gasteiger partial charge in [-0.2, -0.15) is 19.6 Å². The predicted octanol–water partition coefficient (Wildman–Crippen LogP) is 2.80. The normalized spacial score (nSPS) is 17.2. The quantitative estimate of drug-likeness (QED) is 0.330. The monoisotopic (exact) mass is 458 g/mol. The number of hydrogen-bond donors (Lipinski definition) is 4. The molecule has 0 unspecified atom stereocenters. The number of fused-ring (bicyclic) bond motifs is 1. The minimum Gasteiger partial charge on any atom is -0.351 e. The molecule has 2 aromatic heterocycles. The lowest BCUT2D eigenvalue weighted by molar-refractivity contribution is -0.115. The fraction of sp³-hybridized carbons (Fsp3) is 0.211. The van der Waals surface area contributed by atoms with E-state index in [0.717, 1.165) is 18.4 Å². The molecule has 3 heterocycles. The Morgan fingerprint density at radius 2 is 2.00 bits per heavy atom. The fourth-order valence-corrected chi connectivity index (χ4v) is 3.37. The largest absolute Gasteiger partial charge is 0.351 e. The van der Waals surface area contributed by atoms with Crippen molar-refractivity contribution in [3.05, 3.63) is 51.3 Å². The summed E-state index contributed by atoms with van der Waals surface area (Å²) in [6.07, 6.45) is 5.21. The number of benzene rings is 1. The molecule has 2 fully saturated rings. The van der Waals surface area contributed by atoms with Crippen LogP contribution < -0.4 is 21.3 Å². The highest BCUT2D eigenvalue weighted by Gasteiger charge is 2.26. The van der Waals surface area contributed by atoms with Crippen molar-refractivity contribution in [3.63, 3.8) is 0 Å². The minimum atomic E-state index is -0.567. The lowest BCUT2D eigenvalue weighted by Gasteiger charge is -2.10. The summed E-state index contributed by atoms with van der Waals surface area (Å²) >= 11 is 12.1. The van der Waals surface area contributed by atoms with E-state index in [4.69, 9.17) is 23.2 Å². The van der Waals surface area contributed by atoms with Crippen LogP contribution in [-0.4, -0.2) is 37.6 Å². The van der Waals surface area contributed by atoms with Crippen LogP contribution in [0.25, 0.3) is 11.7 Å². The Balaban J connectivity index is 1.48. The fourth-order valence-electron chi connectivity index (χ4n) is 3.05. The molecule has 0 atom stereocenters. The van der Waals surface area contributed by atoms with Gasteiger partial charge in [-0.3, -0.25) is 10.1 Å². The summed E-state index contributed by atoms with van der Waals surface area (Å²) in [4.78, 5) is 32.4. The number of nitrogens with zero attached hydrogens (tertiary/aromatic N) is 4. The zero-order chi connectivity index (χ0) is 21.5. The van der Waals surface area contributed by atoms with Gasteiger partial charge in [-0.25, -0.2) is 4.79 Å². The Bertz CT molecular complexity index is 1250. The van der Waals surface area contributed by atoms with E-state index in [2.05, 4.69) is 36.3 Å². The molecule has 0 radical (unpaired) electrons. The van der Waals surface area contributed by atoms with Crippen molar-refractivity contribution in [1.29, 1.82) is 0 Å². The number of aromatic nitrogens is 4. The molecule has 0 bridgehead atoms. The number of imide groups is 1. The second-order valence-electron chi connectivity index (χ2n) is 7.19. The predicted molar refractivity (Wildman–Crippen MR) is 116 cm³/mol. The van der Waals surface area contributed by atoms with Crippen LogP contribution >= 0.6 is 23.2 Å². The van der Waals surface area contributed by atoms with Crippen molar-refractivity contribution >= 4 is 58.8 Å². The van der Waals surface area contributed by atoms with Gasteiger partial charge in [-0.05, 0) is 36.6 Å². The SMILES string of the molecule is O=C1NC(=O)/C(=C/c2cnn3c(NC4CC4)nc(NCc4ccc(Cl)c(Cl)c4)nc23)N1. The van der Waals surface area contributed by atoms with Crippen LogP contribution in [0, 0.1) is 0 Å². The number of nitrogens with one attached hydrogen (secondary N) is 4. The summed E-state index contributed by atoms with van der Waals surface area (Å²) in [5.74, 6) is 0.406. The molecule has 3 amide bonds. The average molecular weight is 459 g/mol. The third-order valence-corrected chi connectivity index (χ3v) is 5.50. The number of amides is 3. The van der Waals surface area contributed by atoms with E-state index >= 15 is 0 Å². The smallest absolute Gasteiger partial charge is 0.326 e. The molecule has 158 valence electrons. The lowest BCUT2D eigenvalue weighted by Crippen LogP contribution is -2.22. The first kappa shape index (κ1) is 19.6. The van der Waals surface area contributed by atoms with Crippen molar-refractivity contribution in [2.75, 3.05) is 10.6 Å². The van der Waals surface area contributed by atoms with Gasteiger partial charge < -0.3 is 16.0 Å². The van der Waals surface area contributed by atoms with E-state index in [9.17, 15) is 9.59 Å². The Morgan fingerprint density at radius 1 is 1.16 bits per heavy atom. The first-order valence-corrected chi connectivity index (χ1v) is 10.3. The van der Waals surface area contributed by atoms with Crippen LogP contribution in [0.1, 0.15) is 24.0 Å². The Hall–Kier alpha value is -3.37. The second-order valence-corrected chi connectivity index (χ2v) is 8.01. The molecule has 1 aromatic carbocycles. The van der Waals surface area contributed by atoms with E-state index in [-0.39, 0.29) is 5.70 Å². The van der Waals surface area contributed by atoms with Crippen LogP contribution in [0.5, 0.6) is 0 Å². The molecule has 4 N–H and O–H groups in total. The van der Waals surface area contributed by atoms with Gasteiger partial charge in [-0.1, -0.05) is 29.3 Å². The third kappa shape index (κ3) is 4.12. The molecule has 31 heavy (non-hydrogen) atoms. The molecular formula is C19H16Cl2N8O2. The van der Waals surface area contributed by atoms with Crippen molar-refractivity contribution in [2.24, 2.45) is 0 Å². The van der Waals surface area contributed by atoms with Crippen molar-refractivity contribution < 1.29 is 9.59 Å². The molecule has 5 rings (SSSR count). The molecule has 1 saturated carbocycles. The van der Waals surface area contributed by atoms with Crippen LogP contribution in [-0.2, 0) is 11.3 Å². The van der Waals surface area contributed by atoms with Gasteiger partial charge in [0.2, 0.25) is 11.9 Å². The van der Waals surface area contributed by atoms with Crippen LogP contribution in [0.2, 0.25) is 10.0 Å². The lowest BCUT2D eigenvalue weighted by atomic mass is 10.2. The third-order valence-electron chi connectivity index (χ3n) is 4.76. The molecule has 10 nitrogen and oxygen atoms in total. The first-order chi connectivity index (χ1) is 15.0. The van der Waals surface area contributed by atoms with Crippen molar-refractivity contribution in [3.8, 4) is 0 Å². The van der Waals surface area contributed by atoms with Crippen LogP contribution in [0.3, 0.4) is 0 Å². The van der Waals surface area contributed by atoms with E-state index in [1.54, 1.807) is 22.8 Å². The van der Waals surface area contributed by atoms with E-state index in [0.29, 0.717) is 45.7 Å². The Labute approximate surface area is 186 Å². The molecule has 1 aliphatic heterocycles. The van der Waals surface area contributed by atoms with Gasteiger partial charge in [0.15, 0.2) is 5.65 Å². The zero-order valence-electron chi connectivity index (χ0n) is 15.9. The molecule has 2 aliphatic rings. The highest BCUT2D eigenvalue weighted by molar-refractivity contribution is 6.42. The van der Waals surface area contributed by atoms with E-state index in [1.807, 2.05) is 6.07 Å². The number of anilines is 2. The number of rotatable bonds is 6. The molecular weight excluding hydrogens is 443 g/mol. The zero-order valence-corrected chi connectivity index (χ0v) is 17.5. The highest BCUT2D eigenvalue weighted by atomic mass is 35.5. The topological polar surface area (TPSA) is 125 Å². The molecule has 1 saturated heterocycles.